The lowest BCUT2D eigenvalue weighted by Crippen LogP contribution is -2.71. The molecule has 0 aliphatic carbocycles. The Morgan fingerprint density at radius 3 is 2.94 bits per heavy atom. The van der Waals surface area contributed by atoms with Crippen LogP contribution < -0.4 is 11.1 Å². The molecule has 170 valence electrons. The van der Waals surface area contributed by atoms with E-state index in [2.05, 4.69) is 15.5 Å². The summed E-state index contributed by atoms with van der Waals surface area (Å²) in [6.07, 6.45) is 5.36. The van der Waals surface area contributed by atoms with E-state index in [1.807, 2.05) is 6.08 Å². The number of allylic oxidation sites excluding steroid dienone is 1. The predicted octanol–water partition coefficient (Wildman–Crippen LogP) is 0.550. The van der Waals surface area contributed by atoms with Gasteiger partial charge in [-0.05, 0) is 18.4 Å². The molecule has 11 nitrogen and oxygen atoms in total. The van der Waals surface area contributed by atoms with Gasteiger partial charge in [0.05, 0.1) is 6.10 Å². The quantitative estimate of drug-likeness (QED) is 0.289. The Morgan fingerprint density at radius 2 is 2.31 bits per heavy atom. The number of nitrogens with one attached hydrogen (secondary N) is 1. The number of aliphatic carboxylic acids is 1. The Kier molecular flexibility index (Phi) is 6.48. The van der Waals surface area contributed by atoms with Crippen molar-refractivity contribution in [1.82, 2.24) is 15.2 Å². The van der Waals surface area contributed by atoms with Crippen LogP contribution in [0.25, 0.3) is 0 Å². The lowest BCUT2D eigenvalue weighted by Gasteiger charge is -2.49. The number of oxime groups is 1. The summed E-state index contributed by atoms with van der Waals surface area (Å²) in [4.78, 5) is 47.5. The number of carbonyl (C=O) groups excluding carboxylic acids is 2. The number of thioether (sulfide) groups is 1. The second kappa shape index (κ2) is 9.30. The summed E-state index contributed by atoms with van der Waals surface area (Å²) in [5.74, 6) is -1.99. The van der Waals surface area contributed by atoms with Crippen LogP contribution in [0.5, 0.6) is 0 Å². The fraction of sp³-hybridized carbons (Fsp3) is 0.421. The molecule has 4 N–H and O–H groups in total. The lowest BCUT2D eigenvalue weighted by atomic mass is 10.0. The normalized spacial score (nSPS) is 25.7. The molecule has 3 aliphatic rings. The second-order valence-corrected chi connectivity index (χ2v) is 9.14. The summed E-state index contributed by atoms with van der Waals surface area (Å²) < 4.78 is 5.54. The van der Waals surface area contributed by atoms with Crippen LogP contribution in [-0.2, 0) is 24.0 Å². The highest BCUT2D eigenvalue weighted by molar-refractivity contribution is 8.00. The molecular formula is C19H21N5O6S2. The summed E-state index contributed by atoms with van der Waals surface area (Å²) in [6, 6.07) is -0.899. The number of amides is 2. The second-order valence-electron chi connectivity index (χ2n) is 7.14. The van der Waals surface area contributed by atoms with Gasteiger partial charge in [-0.2, -0.15) is 0 Å². The van der Waals surface area contributed by atoms with Crippen LogP contribution in [0.4, 0.5) is 5.13 Å². The van der Waals surface area contributed by atoms with Crippen molar-refractivity contribution < 1.29 is 29.1 Å². The molecule has 0 bridgehead atoms. The van der Waals surface area contributed by atoms with E-state index in [1.165, 1.54) is 23.8 Å². The van der Waals surface area contributed by atoms with Crippen molar-refractivity contribution in [3.8, 4) is 0 Å². The van der Waals surface area contributed by atoms with Gasteiger partial charge in [0.1, 0.15) is 29.9 Å². The maximum Gasteiger partial charge on any atom is 0.352 e. The molecule has 32 heavy (non-hydrogen) atoms. The molecule has 4 heterocycles. The molecule has 2 fully saturated rings. The molecule has 1 aromatic rings. The maximum absolute atomic E-state index is 12.8. The molecule has 1 aromatic heterocycles. The van der Waals surface area contributed by atoms with Crippen molar-refractivity contribution in [3.05, 3.63) is 34.5 Å². The van der Waals surface area contributed by atoms with E-state index in [1.54, 1.807) is 11.5 Å². The van der Waals surface area contributed by atoms with Crippen molar-refractivity contribution in [1.29, 1.82) is 0 Å². The summed E-state index contributed by atoms with van der Waals surface area (Å²) in [5, 5.41) is 17.3. The van der Waals surface area contributed by atoms with E-state index in [0.717, 1.165) is 24.2 Å². The Labute approximate surface area is 191 Å². The first kappa shape index (κ1) is 22.3. The smallest absolute Gasteiger partial charge is 0.352 e. The van der Waals surface area contributed by atoms with Crippen LogP contribution in [0.3, 0.4) is 0 Å². The average molecular weight is 480 g/mol. The minimum atomic E-state index is -1.19. The van der Waals surface area contributed by atoms with Gasteiger partial charge in [-0.15, -0.1) is 23.1 Å². The zero-order valence-corrected chi connectivity index (χ0v) is 18.6. The standard InChI is InChI=1S/C19H21N5O6S2/c1-29-23-12(11-8-32-19(20)21-11)15(25)22-13-16(26)24-14(18(27)28)9(7-31-17(13)24)4-5-10-3-2-6-30-10/h4-5,8,10,13,17H,2-3,6-7H2,1H3,(H2,20,21)(H,22,25)(H,27,28)/b5-4-,23-12-/t10?,13-,17-/m1/s1. The van der Waals surface area contributed by atoms with Gasteiger partial charge in [-0.1, -0.05) is 17.3 Å². The van der Waals surface area contributed by atoms with Crippen molar-refractivity contribution in [2.75, 3.05) is 25.2 Å². The number of rotatable bonds is 7. The maximum atomic E-state index is 12.8. The van der Waals surface area contributed by atoms with Gasteiger partial charge in [0.15, 0.2) is 10.8 Å². The van der Waals surface area contributed by atoms with Gasteiger partial charge < -0.3 is 25.7 Å². The van der Waals surface area contributed by atoms with E-state index < -0.39 is 29.2 Å². The number of nitrogen functional groups attached to an aromatic ring is 1. The molecule has 1 unspecified atom stereocenters. The summed E-state index contributed by atoms with van der Waals surface area (Å²) >= 11 is 2.51. The zero-order chi connectivity index (χ0) is 22.8. The third-order valence-corrected chi connectivity index (χ3v) is 7.10. The Bertz CT molecular complexity index is 1030. The molecule has 0 spiro atoms. The first-order valence-corrected chi connectivity index (χ1v) is 11.7. The number of fused-ring (bicyclic) bond motifs is 1. The summed E-state index contributed by atoms with van der Waals surface area (Å²) in [5.41, 5.74) is 6.18. The Balaban J connectivity index is 1.50. The van der Waals surface area contributed by atoms with Crippen molar-refractivity contribution in [2.45, 2.75) is 30.4 Å². The van der Waals surface area contributed by atoms with Crippen molar-refractivity contribution >= 4 is 51.7 Å². The molecule has 4 rings (SSSR count). The van der Waals surface area contributed by atoms with Crippen LogP contribution in [0.15, 0.2) is 34.0 Å². The number of carboxylic acid groups (broad SMARTS) is 1. The van der Waals surface area contributed by atoms with E-state index in [0.29, 0.717) is 17.9 Å². The molecule has 13 heteroatoms. The number of carboxylic acids is 1. The minimum absolute atomic E-state index is 0.0439. The fourth-order valence-electron chi connectivity index (χ4n) is 3.65. The fourth-order valence-corrected chi connectivity index (χ4v) is 5.52. The van der Waals surface area contributed by atoms with Gasteiger partial charge in [0, 0.05) is 17.7 Å². The topological polar surface area (TPSA) is 156 Å². The highest BCUT2D eigenvalue weighted by Crippen LogP contribution is 2.40. The van der Waals surface area contributed by atoms with Crippen molar-refractivity contribution in [2.24, 2.45) is 5.16 Å². The molecule has 0 radical (unpaired) electrons. The first-order chi connectivity index (χ1) is 15.4. The molecular weight excluding hydrogens is 458 g/mol. The minimum Gasteiger partial charge on any atom is -0.477 e. The van der Waals surface area contributed by atoms with Crippen LogP contribution >= 0.6 is 23.1 Å². The number of thiazole rings is 1. The molecule has 2 saturated heterocycles. The van der Waals surface area contributed by atoms with E-state index in [9.17, 15) is 19.5 Å². The van der Waals surface area contributed by atoms with Crippen LogP contribution in [0.1, 0.15) is 18.5 Å². The SMILES string of the molecule is CO/N=C(\C(=O)N[C@@H]1C(=O)N2C(C(=O)O)=C(/C=C\C3CCCO3)CS[C@H]12)c1csc(N)n1. The molecule has 3 atom stereocenters. The first-order valence-electron chi connectivity index (χ1n) is 9.75. The highest BCUT2D eigenvalue weighted by atomic mass is 32.2. The Morgan fingerprint density at radius 1 is 1.50 bits per heavy atom. The third-order valence-electron chi connectivity index (χ3n) is 5.13. The highest BCUT2D eigenvalue weighted by Gasteiger charge is 2.54. The van der Waals surface area contributed by atoms with Crippen LogP contribution in [0.2, 0.25) is 0 Å². The van der Waals surface area contributed by atoms with Crippen LogP contribution in [0, 0.1) is 0 Å². The largest absolute Gasteiger partial charge is 0.477 e. The average Bonchev–Trinajstić information content (AvgIpc) is 3.45. The Hall–Kier alpha value is -2.90. The number of hydrogen-bond acceptors (Lipinski definition) is 10. The summed E-state index contributed by atoms with van der Waals surface area (Å²) in [6.45, 7) is 0.685. The molecule has 0 aromatic carbocycles. The van der Waals surface area contributed by atoms with Gasteiger partial charge in [0.2, 0.25) is 0 Å². The number of nitrogens with zero attached hydrogens (tertiary/aromatic N) is 3. The number of carbonyl (C=O) groups is 3. The van der Waals surface area contributed by atoms with E-state index >= 15 is 0 Å². The molecule has 3 aliphatic heterocycles. The van der Waals surface area contributed by atoms with Crippen molar-refractivity contribution in [3.63, 3.8) is 0 Å². The van der Waals surface area contributed by atoms with Gasteiger partial charge in [-0.3, -0.25) is 14.5 Å². The van der Waals surface area contributed by atoms with E-state index in [4.69, 9.17) is 15.3 Å². The number of nitrogens with two attached hydrogens (primary N) is 1. The lowest BCUT2D eigenvalue weighted by molar-refractivity contribution is -0.150. The number of ether oxygens (including phenoxy) is 1. The zero-order valence-electron chi connectivity index (χ0n) is 17.0. The van der Waals surface area contributed by atoms with E-state index in [-0.39, 0.29) is 28.3 Å². The van der Waals surface area contributed by atoms with Gasteiger partial charge in [-0.25, -0.2) is 9.78 Å². The number of aromatic nitrogens is 1. The number of hydrogen-bond donors (Lipinski definition) is 3. The van der Waals surface area contributed by atoms with Crippen LogP contribution in [-0.4, -0.2) is 75.5 Å². The molecule has 2 amide bonds. The van der Waals surface area contributed by atoms with Gasteiger partial charge in [0.25, 0.3) is 11.8 Å². The predicted molar refractivity (Wildman–Crippen MR) is 118 cm³/mol. The summed E-state index contributed by atoms with van der Waals surface area (Å²) in [7, 11) is 1.28. The number of anilines is 1. The number of β-lactam (4-membered cyclic amide) rings is 1. The molecule has 0 saturated carbocycles. The van der Waals surface area contributed by atoms with Gasteiger partial charge >= 0.3 is 5.97 Å². The third kappa shape index (κ3) is 4.23. The monoisotopic (exact) mass is 479 g/mol.